The standard InChI is InChI=1S/C26H25Cl2FN4O3/c27-20-9-10-23(22(28)16-20)33-25(19-7-5-18(6-8-19)4-2-1-3-11-29)21(17-34)24(30-33)26(35)31-32-12-14-36-15-13-32/h5-10,16,34H,1,3,11-15,17H2,(H,31,35). The van der Waals surface area contributed by atoms with Gasteiger partial charge in [0.25, 0.3) is 5.91 Å². The molecule has 10 heteroatoms. The molecule has 1 saturated heterocycles. The minimum absolute atomic E-state index is 0.0834. The van der Waals surface area contributed by atoms with Gasteiger partial charge in [-0.05, 0) is 36.8 Å². The molecule has 0 unspecified atom stereocenters. The van der Waals surface area contributed by atoms with E-state index in [-0.39, 0.29) is 5.69 Å². The molecule has 0 radical (unpaired) electrons. The van der Waals surface area contributed by atoms with Gasteiger partial charge < -0.3 is 9.84 Å². The predicted octanol–water partition coefficient (Wildman–Crippen LogP) is 4.42. The van der Waals surface area contributed by atoms with Gasteiger partial charge in [-0.15, -0.1) is 0 Å². The number of ether oxygens (including phenoxy) is 1. The van der Waals surface area contributed by atoms with E-state index in [1.165, 1.54) is 0 Å². The molecule has 188 valence electrons. The summed E-state index contributed by atoms with van der Waals surface area (Å²) in [6.07, 6.45) is 0.887. The quantitative estimate of drug-likeness (QED) is 0.349. The molecular weight excluding hydrogens is 506 g/mol. The highest BCUT2D eigenvalue weighted by Crippen LogP contribution is 2.33. The lowest BCUT2D eigenvalue weighted by molar-refractivity contribution is 0.0124. The van der Waals surface area contributed by atoms with Gasteiger partial charge in [0.15, 0.2) is 5.69 Å². The summed E-state index contributed by atoms with van der Waals surface area (Å²) in [4.78, 5) is 13.2. The number of amides is 1. The number of alkyl halides is 1. The van der Waals surface area contributed by atoms with E-state index < -0.39 is 19.2 Å². The number of rotatable bonds is 7. The molecule has 0 saturated carbocycles. The van der Waals surface area contributed by atoms with Crippen molar-refractivity contribution in [3.8, 4) is 28.8 Å². The molecule has 1 aliphatic heterocycles. The maximum absolute atomic E-state index is 13.2. The van der Waals surface area contributed by atoms with Crippen LogP contribution in [0.3, 0.4) is 0 Å². The molecule has 0 aliphatic carbocycles. The average Bonchev–Trinajstić information content (AvgIpc) is 3.27. The van der Waals surface area contributed by atoms with Gasteiger partial charge >= 0.3 is 0 Å². The van der Waals surface area contributed by atoms with E-state index in [0.717, 1.165) is 5.56 Å². The Kier molecular flexibility index (Phi) is 8.97. The molecule has 1 amide bonds. The number of morpholine rings is 1. The highest BCUT2D eigenvalue weighted by molar-refractivity contribution is 6.35. The molecule has 2 N–H and O–H groups in total. The fraction of sp³-hybridized carbons (Fsp3) is 0.308. The van der Waals surface area contributed by atoms with Crippen molar-refractivity contribution in [3.05, 3.63) is 69.3 Å². The van der Waals surface area contributed by atoms with E-state index in [2.05, 4.69) is 22.4 Å². The number of halogens is 3. The monoisotopic (exact) mass is 530 g/mol. The number of aliphatic hydroxyl groups excluding tert-OH is 1. The zero-order valence-electron chi connectivity index (χ0n) is 19.4. The zero-order chi connectivity index (χ0) is 25.5. The van der Waals surface area contributed by atoms with Crippen LogP contribution in [0.5, 0.6) is 0 Å². The van der Waals surface area contributed by atoms with Crippen LogP contribution in [0.15, 0.2) is 42.5 Å². The van der Waals surface area contributed by atoms with Crippen LogP contribution in [0.4, 0.5) is 4.39 Å². The Balaban J connectivity index is 1.76. The van der Waals surface area contributed by atoms with Gasteiger partial charge in [-0.3, -0.25) is 14.6 Å². The molecule has 2 heterocycles. The minimum atomic E-state index is -0.443. The van der Waals surface area contributed by atoms with Gasteiger partial charge in [0.2, 0.25) is 0 Å². The Labute approximate surface area is 218 Å². The van der Waals surface area contributed by atoms with Crippen LogP contribution in [-0.4, -0.2) is 58.8 Å². The lowest BCUT2D eigenvalue weighted by Crippen LogP contribution is -2.48. The number of hydrogen-bond donors (Lipinski definition) is 2. The van der Waals surface area contributed by atoms with Gasteiger partial charge in [-0.25, -0.2) is 9.69 Å². The molecule has 36 heavy (non-hydrogen) atoms. The lowest BCUT2D eigenvalue weighted by Gasteiger charge is -2.26. The number of nitrogens with zero attached hydrogens (tertiary/aromatic N) is 3. The number of nitrogens with one attached hydrogen (secondary N) is 1. The van der Waals surface area contributed by atoms with Crippen LogP contribution in [0.25, 0.3) is 16.9 Å². The third kappa shape index (κ3) is 6.06. The summed E-state index contributed by atoms with van der Waals surface area (Å²) in [7, 11) is 0. The zero-order valence-corrected chi connectivity index (χ0v) is 20.9. The SMILES string of the molecule is O=C(NN1CCOCC1)c1nn(-c2ccc(Cl)cc2Cl)c(-c2ccc(C#CCCCF)cc2)c1CO. The van der Waals surface area contributed by atoms with Crippen LogP contribution in [0, 0.1) is 11.8 Å². The highest BCUT2D eigenvalue weighted by Gasteiger charge is 2.26. The number of benzene rings is 2. The molecule has 1 aromatic heterocycles. The number of aliphatic hydroxyl groups is 1. The van der Waals surface area contributed by atoms with E-state index in [0.29, 0.717) is 71.7 Å². The molecule has 0 atom stereocenters. The first-order chi connectivity index (χ1) is 17.5. The van der Waals surface area contributed by atoms with Crippen LogP contribution >= 0.6 is 23.2 Å². The molecule has 2 aromatic carbocycles. The maximum atomic E-state index is 13.2. The fourth-order valence-electron chi connectivity index (χ4n) is 3.81. The minimum Gasteiger partial charge on any atom is -0.392 e. The van der Waals surface area contributed by atoms with Crippen molar-refractivity contribution in [2.75, 3.05) is 33.0 Å². The molecular formula is C26H25Cl2FN4O3. The molecule has 7 nitrogen and oxygen atoms in total. The van der Waals surface area contributed by atoms with Crippen molar-refractivity contribution in [3.63, 3.8) is 0 Å². The Morgan fingerprint density at radius 3 is 2.58 bits per heavy atom. The second-order valence-electron chi connectivity index (χ2n) is 8.05. The number of unbranched alkanes of at least 4 members (excludes halogenated alkanes) is 1. The van der Waals surface area contributed by atoms with Crippen molar-refractivity contribution in [2.24, 2.45) is 0 Å². The first kappa shape index (κ1) is 26.1. The van der Waals surface area contributed by atoms with Gasteiger partial charge in [-0.2, -0.15) is 5.10 Å². The summed E-state index contributed by atoms with van der Waals surface area (Å²) >= 11 is 12.6. The van der Waals surface area contributed by atoms with E-state index in [9.17, 15) is 14.3 Å². The molecule has 4 rings (SSSR count). The van der Waals surface area contributed by atoms with Crippen molar-refractivity contribution in [1.82, 2.24) is 20.2 Å². The molecule has 0 bridgehead atoms. The topological polar surface area (TPSA) is 79.6 Å². The second kappa shape index (κ2) is 12.3. The van der Waals surface area contributed by atoms with E-state index in [1.807, 2.05) is 24.3 Å². The fourth-order valence-corrected chi connectivity index (χ4v) is 4.30. The Morgan fingerprint density at radius 1 is 1.17 bits per heavy atom. The van der Waals surface area contributed by atoms with E-state index in [1.54, 1.807) is 27.9 Å². The number of carbonyl (C=O) groups is 1. The summed E-state index contributed by atoms with van der Waals surface area (Å²) in [5.74, 6) is 5.52. The van der Waals surface area contributed by atoms with Crippen LogP contribution < -0.4 is 5.43 Å². The maximum Gasteiger partial charge on any atom is 0.286 e. The van der Waals surface area contributed by atoms with Crippen LogP contribution in [0.1, 0.15) is 34.5 Å². The van der Waals surface area contributed by atoms with Crippen molar-refractivity contribution in [2.45, 2.75) is 19.4 Å². The number of hydrogen-bond acceptors (Lipinski definition) is 5. The lowest BCUT2D eigenvalue weighted by atomic mass is 10.0. The Bertz CT molecular complexity index is 1280. The van der Waals surface area contributed by atoms with Crippen LogP contribution in [0.2, 0.25) is 10.0 Å². The third-order valence-electron chi connectivity index (χ3n) is 5.59. The summed E-state index contributed by atoms with van der Waals surface area (Å²) in [5.41, 5.74) is 5.79. The second-order valence-corrected chi connectivity index (χ2v) is 8.90. The molecule has 3 aromatic rings. The number of hydrazine groups is 1. The third-order valence-corrected chi connectivity index (χ3v) is 6.13. The Morgan fingerprint density at radius 2 is 1.92 bits per heavy atom. The van der Waals surface area contributed by atoms with E-state index >= 15 is 0 Å². The van der Waals surface area contributed by atoms with Gasteiger partial charge in [0.05, 0.1) is 42.9 Å². The summed E-state index contributed by atoms with van der Waals surface area (Å²) in [6, 6.07) is 12.3. The molecule has 1 fully saturated rings. The van der Waals surface area contributed by atoms with Gasteiger partial charge in [-0.1, -0.05) is 47.2 Å². The number of carbonyl (C=O) groups excluding carboxylic acids is 1. The first-order valence-electron chi connectivity index (χ1n) is 11.5. The predicted molar refractivity (Wildman–Crippen MR) is 137 cm³/mol. The smallest absolute Gasteiger partial charge is 0.286 e. The van der Waals surface area contributed by atoms with Crippen molar-refractivity contribution < 1.29 is 19.0 Å². The summed E-state index contributed by atoms with van der Waals surface area (Å²) < 4.78 is 19.2. The largest absolute Gasteiger partial charge is 0.392 e. The van der Waals surface area contributed by atoms with Gasteiger partial charge in [0.1, 0.15) is 0 Å². The molecule has 0 spiro atoms. The van der Waals surface area contributed by atoms with Gasteiger partial charge in [0, 0.05) is 41.2 Å². The van der Waals surface area contributed by atoms with Crippen molar-refractivity contribution in [1.29, 1.82) is 0 Å². The van der Waals surface area contributed by atoms with E-state index in [4.69, 9.17) is 27.9 Å². The summed E-state index contributed by atoms with van der Waals surface area (Å²) in [6.45, 7) is 1.30. The summed E-state index contributed by atoms with van der Waals surface area (Å²) in [5, 5.41) is 17.5. The highest BCUT2D eigenvalue weighted by atomic mass is 35.5. The number of aromatic nitrogens is 2. The molecule has 1 aliphatic rings. The average molecular weight is 531 g/mol. The van der Waals surface area contributed by atoms with Crippen LogP contribution in [-0.2, 0) is 11.3 Å². The first-order valence-corrected chi connectivity index (χ1v) is 12.2. The Hall–Kier alpha value is -2.93. The normalized spacial score (nSPS) is 13.8. The van der Waals surface area contributed by atoms with Crippen molar-refractivity contribution >= 4 is 29.1 Å².